The molecule has 0 radical (unpaired) electrons. The third-order valence-corrected chi connectivity index (χ3v) is 8.03. The van der Waals surface area contributed by atoms with Gasteiger partial charge in [0.25, 0.3) is 0 Å². The van der Waals surface area contributed by atoms with E-state index in [4.69, 9.17) is 9.97 Å². The zero-order valence-corrected chi connectivity index (χ0v) is 20.7. The van der Waals surface area contributed by atoms with Crippen molar-refractivity contribution in [2.75, 3.05) is 0 Å². The van der Waals surface area contributed by atoms with E-state index in [-0.39, 0.29) is 10.8 Å². The van der Waals surface area contributed by atoms with Gasteiger partial charge in [0, 0.05) is 21.2 Å². The van der Waals surface area contributed by atoms with E-state index in [1.54, 1.807) is 17.7 Å². The summed E-state index contributed by atoms with van der Waals surface area (Å²) in [5.41, 5.74) is 7.82. The van der Waals surface area contributed by atoms with Crippen molar-refractivity contribution in [1.82, 2.24) is 9.97 Å². The molecule has 0 atom stereocenters. The molecule has 2 heterocycles. The molecule has 1 aliphatic rings. The number of rotatable bonds is 2. The van der Waals surface area contributed by atoms with Crippen molar-refractivity contribution in [3.05, 3.63) is 83.7 Å². The van der Waals surface area contributed by atoms with Crippen LogP contribution in [-0.2, 0) is 11.8 Å². The zero-order chi connectivity index (χ0) is 23.0. The number of benzene rings is 3. The SMILES string of the molecule is CC(C)(C)Cc1ccc(-c2sc3ncnc4c3c2C(C)(C)c2cc3ccccc3cc2-4)cc1. The Morgan fingerprint density at radius 1 is 0.879 bits per heavy atom. The molecule has 0 N–H and O–H groups in total. The number of thiophene rings is 1. The molecule has 164 valence electrons. The molecule has 0 unspecified atom stereocenters. The molecule has 0 bridgehead atoms. The number of nitrogens with zero attached hydrogens (tertiary/aromatic N) is 2. The lowest BCUT2D eigenvalue weighted by Crippen LogP contribution is -2.24. The largest absolute Gasteiger partial charge is 0.236 e. The van der Waals surface area contributed by atoms with Crippen LogP contribution in [0.1, 0.15) is 51.3 Å². The highest BCUT2D eigenvalue weighted by molar-refractivity contribution is 7.22. The first-order valence-electron chi connectivity index (χ1n) is 11.6. The molecule has 1 aliphatic carbocycles. The first-order valence-corrected chi connectivity index (χ1v) is 12.4. The molecule has 33 heavy (non-hydrogen) atoms. The summed E-state index contributed by atoms with van der Waals surface area (Å²) in [7, 11) is 0. The smallest absolute Gasteiger partial charge is 0.128 e. The van der Waals surface area contributed by atoms with Crippen molar-refractivity contribution in [3.8, 4) is 21.7 Å². The van der Waals surface area contributed by atoms with Crippen molar-refractivity contribution < 1.29 is 0 Å². The van der Waals surface area contributed by atoms with Crippen LogP contribution in [0.5, 0.6) is 0 Å². The van der Waals surface area contributed by atoms with Crippen molar-refractivity contribution in [1.29, 1.82) is 0 Å². The van der Waals surface area contributed by atoms with E-state index in [0.29, 0.717) is 0 Å². The lowest BCUT2D eigenvalue weighted by molar-refractivity contribution is 0.411. The van der Waals surface area contributed by atoms with Crippen molar-refractivity contribution in [2.45, 2.75) is 46.5 Å². The first-order chi connectivity index (χ1) is 15.7. The van der Waals surface area contributed by atoms with E-state index in [1.807, 2.05) is 0 Å². The van der Waals surface area contributed by atoms with Crippen LogP contribution in [0.2, 0.25) is 0 Å². The Balaban J connectivity index is 1.60. The fourth-order valence-electron chi connectivity index (χ4n) is 5.41. The van der Waals surface area contributed by atoms with Gasteiger partial charge < -0.3 is 0 Å². The minimum atomic E-state index is -0.144. The Morgan fingerprint density at radius 2 is 1.58 bits per heavy atom. The molecule has 0 amide bonds. The summed E-state index contributed by atoms with van der Waals surface area (Å²) in [5.74, 6) is 0. The summed E-state index contributed by atoms with van der Waals surface area (Å²) in [6, 6.07) is 22.5. The quantitative estimate of drug-likeness (QED) is 0.271. The number of hydrogen-bond donors (Lipinski definition) is 0. The molecule has 3 aromatic carbocycles. The van der Waals surface area contributed by atoms with Crippen LogP contribution in [0, 0.1) is 5.41 Å². The normalized spacial score (nSPS) is 14.6. The van der Waals surface area contributed by atoms with Crippen molar-refractivity contribution in [2.24, 2.45) is 5.41 Å². The molecule has 0 saturated heterocycles. The van der Waals surface area contributed by atoms with Crippen molar-refractivity contribution >= 4 is 32.3 Å². The van der Waals surface area contributed by atoms with Crippen LogP contribution < -0.4 is 0 Å². The van der Waals surface area contributed by atoms with Gasteiger partial charge in [-0.05, 0) is 57.0 Å². The Bertz CT molecular complexity index is 1530. The average Bonchev–Trinajstić information content (AvgIpc) is 3.18. The van der Waals surface area contributed by atoms with Gasteiger partial charge in [0.2, 0.25) is 0 Å². The predicted octanol–water partition coefficient (Wildman–Crippen LogP) is 8.41. The molecule has 6 rings (SSSR count). The van der Waals surface area contributed by atoms with Gasteiger partial charge in [-0.1, -0.05) is 83.1 Å². The summed E-state index contributed by atoms with van der Waals surface area (Å²) in [6.45, 7) is 11.6. The zero-order valence-electron chi connectivity index (χ0n) is 19.9. The third-order valence-electron chi connectivity index (χ3n) is 6.88. The molecule has 5 aromatic rings. The molecule has 0 fully saturated rings. The van der Waals surface area contributed by atoms with E-state index in [0.717, 1.165) is 16.9 Å². The third kappa shape index (κ3) is 3.21. The Kier molecular flexibility index (Phi) is 4.35. The van der Waals surface area contributed by atoms with E-state index < -0.39 is 0 Å². The van der Waals surface area contributed by atoms with E-state index in [9.17, 15) is 0 Å². The fraction of sp³-hybridized carbons (Fsp3) is 0.267. The summed E-state index contributed by atoms with van der Waals surface area (Å²) < 4.78 is 0. The Hall–Kier alpha value is -3.04. The molecular formula is C30H28N2S. The standard InChI is InChI=1S/C30H28N2S/c1-29(2,3)16-18-10-12-19(13-11-18)27-25-24-26(31-17-32-28(24)33-27)22-14-20-8-6-7-9-21(20)15-23(22)30(25,4)5/h6-15,17H,16H2,1-5H3. The maximum atomic E-state index is 4.81. The Labute approximate surface area is 199 Å². The summed E-state index contributed by atoms with van der Waals surface area (Å²) >= 11 is 1.80. The topological polar surface area (TPSA) is 25.8 Å². The number of aromatic nitrogens is 2. The average molecular weight is 449 g/mol. The van der Waals surface area contributed by atoms with Gasteiger partial charge in [-0.3, -0.25) is 0 Å². The molecule has 0 saturated carbocycles. The summed E-state index contributed by atoms with van der Waals surface area (Å²) in [6.07, 6.45) is 2.81. The van der Waals surface area contributed by atoms with Crippen LogP contribution in [0.4, 0.5) is 0 Å². The highest BCUT2D eigenvalue weighted by Crippen LogP contribution is 2.54. The minimum absolute atomic E-state index is 0.144. The molecule has 2 nitrogen and oxygen atoms in total. The second kappa shape index (κ2) is 6.98. The maximum Gasteiger partial charge on any atom is 0.128 e. The van der Waals surface area contributed by atoms with E-state index in [1.165, 1.54) is 48.9 Å². The van der Waals surface area contributed by atoms with Crippen LogP contribution in [0.3, 0.4) is 0 Å². The lowest BCUT2D eigenvalue weighted by atomic mass is 9.69. The monoisotopic (exact) mass is 448 g/mol. The second-order valence-corrected chi connectivity index (χ2v) is 12.0. The van der Waals surface area contributed by atoms with Gasteiger partial charge in [0.15, 0.2) is 0 Å². The number of fused-ring (bicyclic) bond motifs is 3. The van der Waals surface area contributed by atoms with Crippen LogP contribution in [0.15, 0.2) is 67.0 Å². The molecule has 3 heteroatoms. The second-order valence-electron chi connectivity index (χ2n) is 11.0. The Morgan fingerprint density at radius 3 is 2.27 bits per heavy atom. The van der Waals surface area contributed by atoms with Gasteiger partial charge in [0.05, 0.1) is 5.69 Å². The molecule has 0 spiro atoms. The first kappa shape index (κ1) is 20.6. The lowest BCUT2D eigenvalue weighted by Gasteiger charge is -2.33. The van der Waals surface area contributed by atoms with Gasteiger partial charge >= 0.3 is 0 Å². The highest BCUT2D eigenvalue weighted by Gasteiger charge is 2.38. The predicted molar refractivity (Wildman–Crippen MR) is 141 cm³/mol. The summed E-state index contributed by atoms with van der Waals surface area (Å²) in [4.78, 5) is 11.9. The van der Waals surface area contributed by atoms with Gasteiger partial charge in [-0.15, -0.1) is 11.3 Å². The van der Waals surface area contributed by atoms with E-state index >= 15 is 0 Å². The van der Waals surface area contributed by atoms with E-state index in [2.05, 4.69) is 95.3 Å². The van der Waals surface area contributed by atoms with Crippen LogP contribution in [0.25, 0.3) is 42.7 Å². The summed E-state index contributed by atoms with van der Waals surface area (Å²) in [5, 5.41) is 3.76. The van der Waals surface area contributed by atoms with Gasteiger partial charge in [-0.25, -0.2) is 9.97 Å². The van der Waals surface area contributed by atoms with Crippen LogP contribution in [-0.4, -0.2) is 9.97 Å². The van der Waals surface area contributed by atoms with Gasteiger partial charge in [-0.2, -0.15) is 0 Å². The molecular weight excluding hydrogens is 420 g/mol. The highest BCUT2D eigenvalue weighted by atomic mass is 32.1. The maximum absolute atomic E-state index is 4.81. The van der Waals surface area contributed by atoms with Crippen LogP contribution >= 0.6 is 11.3 Å². The van der Waals surface area contributed by atoms with Crippen molar-refractivity contribution in [3.63, 3.8) is 0 Å². The molecule has 2 aromatic heterocycles. The minimum Gasteiger partial charge on any atom is -0.236 e. The number of hydrogen-bond acceptors (Lipinski definition) is 3. The molecule has 0 aliphatic heterocycles. The van der Waals surface area contributed by atoms with Gasteiger partial charge in [0.1, 0.15) is 11.2 Å². The fourth-order valence-corrected chi connectivity index (χ4v) is 6.72.